The normalized spacial score (nSPS) is 20.3. The summed E-state index contributed by atoms with van der Waals surface area (Å²) in [6.45, 7) is 2.67. The standard InChI is InChI=1S/C13H19N3O2/c1-2-11(13(14)16-17)15-8-10-7-9-5-3-4-6-12(9)18-10/h3-6,10-11,15,17H,2,7-8H2,1H3,(H2,14,16). The zero-order chi connectivity index (χ0) is 13.0. The molecule has 0 saturated carbocycles. The Kier molecular flexibility index (Phi) is 4.04. The molecule has 0 fully saturated rings. The van der Waals surface area contributed by atoms with Gasteiger partial charge in [0, 0.05) is 13.0 Å². The summed E-state index contributed by atoms with van der Waals surface area (Å²) in [6.07, 6.45) is 1.79. The number of ether oxygens (including phenoxy) is 1. The molecule has 1 aliphatic heterocycles. The Hall–Kier alpha value is -1.75. The molecule has 18 heavy (non-hydrogen) atoms. The first-order valence-corrected chi connectivity index (χ1v) is 6.20. The van der Waals surface area contributed by atoms with E-state index in [0.29, 0.717) is 6.54 Å². The predicted molar refractivity (Wildman–Crippen MR) is 70.1 cm³/mol. The van der Waals surface area contributed by atoms with Gasteiger partial charge in [-0.25, -0.2) is 0 Å². The molecule has 0 amide bonds. The molecule has 1 heterocycles. The van der Waals surface area contributed by atoms with Crippen LogP contribution >= 0.6 is 0 Å². The van der Waals surface area contributed by atoms with Gasteiger partial charge in [-0.2, -0.15) is 0 Å². The molecule has 5 heteroatoms. The van der Waals surface area contributed by atoms with Crippen LogP contribution in [0.5, 0.6) is 5.75 Å². The van der Waals surface area contributed by atoms with Gasteiger partial charge in [-0.1, -0.05) is 30.3 Å². The highest BCUT2D eigenvalue weighted by molar-refractivity contribution is 5.85. The Morgan fingerprint density at radius 2 is 2.39 bits per heavy atom. The average Bonchev–Trinajstić information content (AvgIpc) is 2.81. The third-order valence-electron chi connectivity index (χ3n) is 3.19. The van der Waals surface area contributed by atoms with E-state index in [1.807, 2.05) is 25.1 Å². The van der Waals surface area contributed by atoms with Gasteiger partial charge in [0.05, 0.1) is 6.04 Å². The number of nitrogens with zero attached hydrogens (tertiary/aromatic N) is 1. The van der Waals surface area contributed by atoms with E-state index in [-0.39, 0.29) is 18.0 Å². The minimum absolute atomic E-state index is 0.109. The average molecular weight is 249 g/mol. The Bertz CT molecular complexity index is 409. The molecule has 2 rings (SSSR count). The second-order valence-corrected chi connectivity index (χ2v) is 4.45. The van der Waals surface area contributed by atoms with Crippen molar-refractivity contribution in [3.05, 3.63) is 29.8 Å². The smallest absolute Gasteiger partial charge is 0.156 e. The fourth-order valence-corrected chi connectivity index (χ4v) is 2.17. The van der Waals surface area contributed by atoms with E-state index in [4.69, 9.17) is 15.7 Å². The lowest BCUT2D eigenvalue weighted by Gasteiger charge is -2.18. The van der Waals surface area contributed by atoms with Crippen LogP contribution in [0.2, 0.25) is 0 Å². The van der Waals surface area contributed by atoms with E-state index in [1.54, 1.807) is 0 Å². The highest BCUT2D eigenvalue weighted by Crippen LogP contribution is 2.27. The van der Waals surface area contributed by atoms with Crippen LogP contribution in [0.25, 0.3) is 0 Å². The number of para-hydroxylation sites is 1. The van der Waals surface area contributed by atoms with Gasteiger partial charge in [0.1, 0.15) is 11.9 Å². The number of amidine groups is 1. The Labute approximate surface area is 107 Å². The number of rotatable bonds is 5. The minimum atomic E-state index is -0.109. The molecule has 0 aliphatic carbocycles. The number of hydrogen-bond acceptors (Lipinski definition) is 4. The second kappa shape index (κ2) is 5.73. The van der Waals surface area contributed by atoms with Crippen LogP contribution in [0.4, 0.5) is 0 Å². The van der Waals surface area contributed by atoms with Crippen molar-refractivity contribution >= 4 is 5.84 Å². The van der Waals surface area contributed by atoms with Crippen molar-refractivity contribution < 1.29 is 9.94 Å². The summed E-state index contributed by atoms with van der Waals surface area (Å²) in [7, 11) is 0. The summed E-state index contributed by atoms with van der Waals surface area (Å²) in [5.41, 5.74) is 6.83. The molecule has 1 aliphatic rings. The lowest BCUT2D eigenvalue weighted by atomic mass is 10.1. The zero-order valence-electron chi connectivity index (χ0n) is 10.5. The number of fused-ring (bicyclic) bond motifs is 1. The van der Waals surface area contributed by atoms with E-state index < -0.39 is 0 Å². The molecule has 1 aromatic carbocycles. The van der Waals surface area contributed by atoms with Gasteiger partial charge in [-0.3, -0.25) is 0 Å². The molecule has 0 bridgehead atoms. The van der Waals surface area contributed by atoms with Crippen LogP contribution in [0, 0.1) is 0 Å². The van der Waals surface area contributed by atoms with E-state index in [2.05, 4.69) is 16.5 Å². The van der Waals surface area contributed by atoms with Crippen LogP contribution < -0.4 is 15.8 Å². The van der Waals surface area contributed by atoms with Crippen molar-refractivity contribution in [1.29, 1.82) is 0 Å². The Morgan fingerprint density at radius 1 is 1.61 bits per heavy atom. The molecular weight excluding hydrogens is 230 g/mol. The van der Waals surface area contributed by atoms with Crippen LogP contribution in [0.3, 0.4) is 0 Å². The molecular formula is C13H19N3O2. The van der Waals surface area contributed by atoms with Crippen molar-refractivity contribution in [1.82, 2.24) is 5.32 Å². The van der Waals surface area contributed by atoms with Crippen molar-refractivity contribution in [3.63, 3.8) is 0 Å². The molecule has 4 N–H and O–H groups in total. The number of nitrogens with two attached hydrogens (primary N) is 1. The fourth-order valence-electron chi connectivity index (χ4n) is 2.17. The summed E-state index contributed by atoms with van der Waals surface area (Å²) in [5, 5.41) is 15.0. The Morgan fingerprint density at radius 3 is 3.06 bits per heavy atom. The van der Waals surface area contributed by atoms with Crippen LogP contribution in [-0.2, 0) is 6.42 Å². The lowest BCUT2D eigenvalue weighted by molar-refractivity contribution is 0.224. The summed E-state index contributed by atoms with van der Waals surface area (Å²) in [6, 6.07) is 7.94. The molecule has 0 aromatic heterocycles. The first-order valence-electron chi connectivity index (χ1n) is 6.20. The number of benzene rings is 1. The molecule has 1 aromatic rings. The van der Waals surface area contributed by atoms with Crippen LogP contribution in [0.1, 0.15) is 18.9 Å². The van der Waals surface area contributed by atoms with Gasteiger partial charge in [0.2, 0.25) is 0 Å². The molecule has 2 atom stereocenters. The molecule has 0 radical (unpaired) electrons. The van der Waals surface area contributed by atoms with Gasteiger partial charge in [-0.15, -0.1) is 0 Å². The van der Waals surface area contributed by atoms with Gasteiger partial charge in [0.15, 0.2) is 5.84 Å². The van der Waals surface area contributed by atoms with Crippen LogP contribution in [-0.4, -0.2) is 29.7 Å². The van der Waals surface area contributed by atoms with Crippen molar-refractivity contribution in [2.45, 2.75) is 31.9 Å². The number of nitrogens with one attached hydrogen (secondary N) is 1. The first kappa shape index (κ1) is 12.7. The van der Waals surface area contributed by atoms with Crippen LogP contribution in [0.15, 0.2) is 29.4 Å². The quantitative estimate of drug-likeness (QED) is 0.316. The van der Waals surface area contributed by atoms with E-state index in [0.717, 1.165) is 18.6 Å². The maximum atomic E-state index is 8.66. The summed E-state index contributed by atoms with van der Waals surface area (Å²) < 4.78 is 5.81. The first-order chi connectivity index (χ1) is 8.74. The monoisotopic (exact) mass is 249 g/mol. The second-order valence-electron chi connectivity index (χ2n) is 4.45. The van der Waals surface area contributed by atoms with Crippen molar-refractivity contribution in [2.75, 3.05) is 6.54 Å². The maximum absolute atomic E-state index is 8.66. The summed E-state index contributed by atoms with van der Waals surface area (Å²) in [5.74, 6) is 1.18. The van der Waals surface area contributed by atoms with Gasteiger partial charge in [-0.05, 0) is 18.1 Å². The van der Waals surface area contributed by atoms with Gasteiger partial charge < -0.3 is 21.0 Å². The predicted octanol–water partition coefficient (Wildman–Crippen LogP) is 1.10. The third-order valence-corrected chi connectivity index (χ3v) is 3.19. The number of hydrogen-bond donors (Lipinski definition) is 3. The third kappa shape index (κ3) is 2.73. The SMILES string of the molecule is CCC(NCC1Cc2ccccc2O1)C(N)=NO. The minimum Gasteiger partial charge on any atom is -0.488 e. The zero-order valence-corrected chi connectivity index (χ0v) is 10.5. The maximum Gasteiger partial charge on any atom is 0.156 e. The van der Waals surface area contributed by atoms with E-state index >= 15 is 0 Å². The largest absolute Gasteiger partial charge is 0.488 e. The number of oxime groups is 1. The highest BCUT2D eigenvalue weighted by Gasteiger charge is 2.23. The molecule has 2 unspecified atom stereocenters. The van der Waals surface area contributed by atoms with E-state index in [1.165, 1.54) is 5.56 Å². The van der Waals surface area contributed by atoms with E-state index in [9.17, 15) is 0 Å². The fraction of sp³-hybridized carbons (Fsp3) is 0.462. The Balaban J connectivity index is 1.86. The van der Waals surface area contributed by atoms with Gasteiger partial charge in [0.25, 0.3) is 0 Å². The molecule has 5 nitrogen and oxygen atoms in total. The molecule has 0 spiro atoms. The van der Waals surface area contributed by atoms with Gasteiger partial charge >= 0.3 is 0 Å². The summed E-state index contributed by atoms with van der Waals surface area (Å²) >= 11 is 0. The molecule has 98 valence electrons. The van der Waals surface area contributed by atoms with Crippen molar-refractivity contribution in [3.8, 4) is 5.75 Å². The van der Waals surface area contributed by atoms with Crippen molar-refractivity contribution in [2.24, 2.45) is 10.9 Å². The molecule has 0 saturated heterocycles. The lowest BCUT2D eigenvalue weighted by Crippen LogP contribution is -2.45. The summed E-state index contributed by atoms with van der Waals surface area (Å²) in [4.78, 5) is 0. The highest BCUT2D eigenvalue weighted by atomic mass is 16.5. The topological polar surface area (TPSA) is 79.9 Å².